The zero-order valence-corrected chi connectivity index (χ0v) is 15.7. The lowest BCUT2D eigenvalue weighted by atomic mass is 10.1. The van der Waals surface area contributed by atoms with Gasteiger partial charge in [0.15, 0.2) is 0 Å². The van der Waals surface area contributed by atoms with Crippen LogP contribution >= 0.6 is 68.0 Å². The summed E-state index contributed by atoms with van der Waals surface area (Å²) in [6, 6.07) is 2.83. The monoisotopic (exact) mass is 438 g/mol. The molecule has 1 atom stereocenters. The Morgan fingerprint density at radius 2 is 1.94 bits per heavy atom. The minimum absolute atomic E-state index is 0. The topological polar surface area (TPSA) is 15.3 Å². The fourth-order valence-corrected chi connectivity index (χ4v) is 4.47. The highest BCUT2D eigenvalue weighted by Gasteiger charge is 2.22. The van der Waals surface area contributed by atoms with Gasteiger partial charge in [0.25, 0.3) is 0 Å². The van der Waals surface area contributed by atoms with Crippen LogP contribution in [0.15, 0.2) is 14.3 Å². The Hall–Kier alpha value is 1.16. The molecule has 2 nitrogen and oxygen atoms in total. The van der Waals surface area contributed by atoms with Gasteiger partial charge in [-0.2, -0.15) is 0 Å². The fraction of sp³-hybridized carbons (Fsp3) is 0.636. The molecule has 1 aromatic rings. The lowest BCUT2D eigenvalue weighted by Gasteiger charge is -2.33. The minimum Gasteiger partial charge on any atom is -0.314 e. The van der Waals surface area contributed by atoms with Gasteiger partial charge in [0.2, 0.25) is 0 Å². The van der Waals surface area contributed by atoms with Crippen LogP contribution in [-0.2, 0) is 0 Å². The Morgan fingerprint density at radius 3 is 2.39 bits per heavy atom. The second-order valence-electron chi connectivity index (χ2n) is 3.98. The van der Waals surface area contributed by atoms with Crippen molar-refractivity contribution in [3.05, 3.63) is 19.2 Å². The average molecular weight is 441 g/mol. The summed E-state index contributed by atoms with van der Waals surface area (Å²) in [7, 11) is 0. The molecule has 1 N–H and O–H groups in total. The van der Waals surface area contributed by atoms with E-state index in [4.69, 9.17) is 0 Å². The van der Waals surface area contributed by atoms with Gasteiger partial charge in [-0.1, -0.05) is 6.92 Å². The molecule has 1 fully saturated rings. The van der Waals surface area contributed by atoms with Crippen LogP contribution < -0.4 is 5.32 Å². The molecule has 18 heavy (non-hydrogen) atoms. The van der Waals surface area contributed by atoms with E-state index in [1.807, 2.05) is 11.3 Å². The van der Waals surface area contributed by atoms with E-state index in [-0.39, 0.29) is 24.8 Å². The summed E-state index contributed by atoms with van der Waals surface area (Å²) < 4.78 is 2.39. The molecular weight excluding hydrogens is 423 g/mol. The smallest absolute Gasteiger partial charge is 0.0843 e. The zero-order chi connectivity index (χ0) is 11.5. The minimum atomic E-state index is 0. The zero-order valence-electron chi connectivity index (χ0n) is 10.1. The van der Waals surface area contributed by atoms with E-state index >= 15 is 0 Å². The molecule has 0 aliphatic carbocycles. The average Bonchev–Trinajstić information content (AvgIpc) is 2.61. The van der Waals surface area contributed by atoms with Crippen LogP contribution in [0.2, 0.25) is 0 Å². The van der Waals surface area contributed by atoms with Gasteiger partial charge >= 0.3 is 0 Å². The molecule has 7 heteroatoms. The van der Waals surface area contributed by atoms with Crippen molar-refractivity contribution in [2.45, 2.75) is 19.4 Å². The van der Waals surface area contributed by atoms with Crippen LogP contribution in [-0.4, -0.2) is 31.1 Å². The van der Waals surface area contributed by atoms with Crippen LogP contribution in [0.25, 0.3) is 0 Å². The first-order valence-electron chi connectivity index (χ1n) is 5.62. The molecule has 1 aromatic heterocycles. The van der Waals surface area contributed by atoms with Crippen molar-refractivity contribution in [1.29, 1.82) is 0 Å². The van der Waals surface area contributed by atoms with Crippen molar-refractivity contribution in [1.82, 2.24) is 10.2 Å². The van der Waals surface area contributed by atoms with Gasteiger partial charge in [0, 0.05) is 41.6 Å². The molecule has 2 rings (SSSR count). The van der Waals surface area contributed by atoms with Crippen molar-refractivity contribution >= 4 is 68.0 Å². The van der Waals surface area contributed by atoms with E-state index < -0.39 is 0 Å². The molecule has 0 aromatic carbocycles. The second-order valence-corrected chi connectivity index (χ2v) is 7.24. The number of halogens is 4. The number of nitrogens with zero attached hydrogens (tertiary/aromatic N) is 1. The Labute approximate surface area is 142 Å². The first-order valence-corrected chi connectivity index (χ1v) is 8.02. The maximum atomic E-state index is 3.58. The van der Waals surface area contributed by atoms with Gasteiger partial charge in [-0.05, 0) is 44.3 Å². The normalized spacial score (nSPS) is 17.7. The highest BCUT2D eigenvalue weighted by atomic mass is 79.9. The van der Waals surface area contributed by atoms with Gasteiger partial charge in [-0.15, -0.1) is 36.2 Å². The van der Waals surface area contributed by atoms with Crippen molar-refractivity contribution in [3.8, 4) is 0 Å². The first kappa shape index (κ1) is 19.2. The van der Waals surface area contributed by atoms with E-state index in [0.29, 0.717) is 6.04 Å². The summed E-state index contributed by atoms with van der Waals surface area (Å²) in [5.41, 5.74) is 0. The molecule has 0 amide bonds. The molecule has 1 aliphatic heterocycles. The largest absolute Gasteiger partial charge is 0.314 e. The highest BCUT2D eigenvalue weighted by molar-refractivity contribution is 9.13. The number of piperazine rings is 1. The third kappa shape index (κ3) is 4.62. The highest BCUT2D eigenvalue weighted by Crippen LogP contribution is 2.38. The lowest BCUT2D eigenvalue weighted by molar-refractivity contribution is 0.172. The van der Waals surface area contributed by atoms with Crippen molar-refractivity contribution < 1.29 is 0 Å². The molecule has 106 valence electrons. The summed E-state index contributed by atoms with van der Waals surface area (Å²) in [6.07, 6.45) is 1.18. The molecule has 0 unspecified atom stereocenters. The maximum absolute atomic E-state index is 3.58. The Morgan fingerprint density at radius 1 is 1.33 bits per heavy atom. The molecule has 0 spiro atoms. The summed E-state index contributed by atoms with van der Waals surface area (Å²) in [5, 5.41) is 3.40. The van der Waals surface area contributed by atoms with Gasteiger partial charge in [0.1, 0.15) is 0 Å². The fourth-order valence-electron chi connectivity index (χ4n) is 2.16. The van der Waals surface area contributed by atoms with Crippen LogP contribution in [0.4, 0.5) is 0 Å². The van der Waals surface area contributed by atoms with E-state index in [1.165, 1.54) is 19.6 Å². The van der Waals surface area contributed by atoms with E-state index in [1.54, 1.807) is 0 Å². The van der Waals surface area contributed by atoms with Gasteiger partial charge < -0.3 is 5.32 Å². The van der Waals surface area contributed by atoms with Crippen LogP contribution in [0.3, 0.4) is 0 Å². The molecular formula is C11H18Br2Cl2N2S. The quantitative estimate of drug-likeness (QED) is 0.745. The summed E-state index contributed by atoms with van der Waals surface area (Å²) >= 11 is 9.00. The van der Waals surface area contributed by atoms with Gasteiger partial charge in [-0.3, -0.25) is 4.90 Å². The number of hydrogen-bond acceptors (Lipinski definition) is 3. The van der Waals surface area contributed by atoms with E-state index in [0.717, 1.165) is 26.2 Å². The summed E-state index contributed by atoms with van der Waals surface area (Å²) in [5.74, 6) is 0. The molecule has 2 heterocycles. The Bertz CT molecular complexity index is 337. The molecule has 0 saturated carbocycles. The van der Waals surface area contributed by atoms with Gasteiger partial charge in [-0.25, -0.2) is 0 Å². The van der Waals surface area contributed by atoms with E-state index in [9.17, 15) is 0 Å². The molecule has 0 bridgehead atoms. The number of hydrogen-bond donors (Lipinski definition) is 1. The second kappa shape index (κ2) is 9.16. The van der Waals surface area contributed by atoms with Crippen LogP contribution in [0.1, 0.15) is 24.3 Å². The predicted octanol–water partition coefficient (Wildman–Crippen LogP) is 4.47. The first-order chi connectivity index (χ1) is 7.72. The molecule has 1 saturated heterocycles. The lowest BCUT2D eigenvalue weighted by Crippen LogP contribution is -2.44. The number of thiophene rings is 1. The number of rotatable bonds is 3. The van der Waals surface area contributed by atoms with E-state index in [2.05, 4.69) is 55.1 Å². The SMILES string of the molecule is CC[C@@H](c1cc(Br)c(Br)s1)N1CCNCC1.Cl.Cl. The summed E-state index contributed by atoms with van der Waals surface area (Å²) in [6.45, 7) is 6.82. The third-order valence-electron chi connectivity index (χ3n) is 2.97. The van der Waals surface area contributed by atoms with Crippen LogP contribution in [0.5, 0.6) is 0 Å². The molecule has 1 aliphatic rings. The predicted molar refractivity (Wildman–Crippen MR) is 91.7 cm³/mol. The maximum Gasteiger partial charge on any atom is 0.0843 e. The molecule has 0 radical (unpaired) electrons. The Balaban J connectivity index is 0.00000144. The Kier molecular flexibility index (Phi) is 9.75. The van der Waals surface area contributed by atoms with Crippen molar-refractivity contribution in [2.75, 3.05) is 26.2 Å². The van der Waals surface area contributed by atoms with Crippen molar-refractivity contribution in [2.24, 2.45) is 0 Å². The van der Waals surface area contributed by atoms with Crippen LogP contribution in [0, 0.1) is 0 Å². The third-order valence-corrected chi connectivity index (χ3v) is 6.33. The standard InChI is InChI=1S/C11H16Br2N2S.2ClH/c1-2-9(15-5-3-14-4-6-15)10-7-8(12)11(13)16-10;;/h7,9,14H,2-6H2,1H3;2*1H/t9-;;/m0../s1. The van der Waals surface area contributed by atoms with Gasteiger partial charge in [0.05, 0.1) is 3.79 Å². The number of nitrogens with one attached hydrogen (secondary N) is 1. The summed E-state index contributed by atoms with van der Waals surface area (Å²) in [4.78, 5) is 4.05. The van der Waals surface area contributed by atoms with Crippen molar-refractivity contribution in [3.63, 3.8) is 0 Å².